The van der Waals surface area contributed by atoms with Gasteiger partial charge in [-0.15, -0.1) is 23.1 Å². The molecule has 3 amide bonds. The fourth-order valence-electron chi connectivity index (χ4n) is 4.29. The van der Waals surface area contributed by atoms with Gasteiger partial charge in [0, 0.05) is 37.1 Å². The van der Waals surface area contributed by atoms with Gasteiger partial charge >= 0.3 is 0 Å². The summed E-state index contributed by atoms with van der Waals surface area (Å²) in [5.41, 5.74) is 2.53. The third-order valence-corrected chi connectivity index (χ3v) is 9.29. The van der Waals surface area contributed by atoms with E-state index in [9.17, 15) is 18.8 Å². The molecule has 5 rings (SSSR count). The van der Waals surface area contributed by atoms with Crippen molar-refractivity contribution >= 4 is 73.6 Å². The van der Waals surface area contributed by atoms with Crippen LogP contribution in [-0.2, 0) is 9.59 Å². The van der Waals surface area contributed by atoms with E-state index in [0.29, 0.717) is 22.8 Å². The molecule has 232 valence electrons. The SMILES string of the molecule is CCC(Sc1cccc(NC(=O)/C(=C/c2ccccc2F)NC(=O)c2ccccc2)c1)C(=O)Nc1nc(-c2ccc(Br)cc2)cs1. The smallest absolute Gasteiger partial charge is 0.272 e. The third-order valence-electron chi connectivity index (χ3n) is 6.64. The number of nitrogens with zero attached hydrogens (tertiary/aromatic N) is 1. The Morgan fingerprint density at radius 3 is 2.41 bits per heavy atom. The van der Waals surface area contributed by atoms with Crippen molar-refractivity contribution in [3.63, 3.8) is 0 Å². The van der Waals surface area contributed by atoms with E-state index in [2.05, 4.69) is 36.9 Å². The lowest BCUT2D eigenvalue weighted by Crippen LogP contribution is -2.30. The molecular weight excluding hydrogens is 687 g/mol. The molecule has 0 aliphatic heterocycles. The van der Waals surface area contributed by atoms with Crippen LogP contribution in [0.15, 0.2) is 124 Å². The Bertz CT molecular complexity index is 1880. The molecule has 0 aliphatic carbocycles. The molecule has 1 heterocycles. The second-order valence-electron chi connectivity index (χ2n) is 9.93. The lowest BCUT2D eigenvalue weighted by atomic mass is 10.1. The van der Waals surface area contributed by atoms with Crippen molar-refractivity contribution in [3.05, 3.63) is 136 Å². The van der Waals surface area contributed by atoms with Gasteiger partial charge in [-0.25, -0.2) is 9.37 Å². The molecule has 1 unspecified atom stereocenters. The van der Waals surface area contributed by atoms with Gasteiger partial charge in [-0.3, -0.25) is 14.4 Å². The normalized spacial score (nSPS) is 11.8. The predicted octanol–water partition coefficient (Wildman–Crippen LogP) is 8.63. The Labute approximate surface area is 282 Å². The van der Waals surface area contributed by atoms with Crippen LogP contribution in [0.4, 0.5) is 15.2 Å². The van der Waals surface area contributed by atoms with Crippen LogP contribution >= 0.6 is 39.0 Å². The first-order valence-electron chi connectivity index (χ1n) is 14.2. The van der Waals surface area contributed by atoms with E-state index in [-0.39, 0.29) is 17.2 Å². The Balaban J connectivity index is 1.28. The molecule has 1 aromatic heterocycles. The molecule has 0 bridgehead atoms. The fourth-order valence-corrected chi connectivity index (χ4v) is 6.29. The minimum absolute atomic E-state index is 0.131. The molecule has 0 spiro atoms. The number of halogens is 2. The molecule has 46 heavy (non-hydrogen) atoms. The number of amides is 3. The number of nitrogens with one attached hydrogen (secondary N) is 3. The van der Waals surface area contributed by atoms with E-state index in [1.165, 1.54) is 41.3 Å². The monoisotopic (exact) mass is 714 g/mol. The van der Waals surface area contributed by atoms with Gasteiger partial charge in [0.25, 0.3) is 11.8 Å². The van der Waals surface area contributed by atoms with Crippen LogP contribution in [0.5, 0.6) is 0 Å². The standard InChI is InChI=1S/C35H28BrFN4O3S2/c1-2-31(34(44)41-35-40-30(21-45-35)22-15-17-25(36)18-16-22)46-27-13-8-12-26(20-27)38-33(43)29(19-24-11-6-7-14-28(24)37)39-32(42)23-9-4-3-5-10-23/h3-21,31H,2H2,1H3,(H,38,43)(H,39,42)(H,40,41,44)/b29-19-. The van der Waals surface area contributed by atoms with Crippen molar-refractivity contribution in [1.29, 1.82) is 0 Å². The van der Waals surface area contributed by atoms with Crippen LogP contribution in [0.3, 0.4) is 0 Å². The first-order chi connectivity index (χ1) is 22.3. The van der Waals surface area contributed by atoms with E-state index < -0.39 is 22.9 Å². The molecule has 0 saturated heterocycles. The zero-order valence-electron chi connectivity index (χ0n) is 24.5. The number of aromatic nitrogens is 1. The third kappa shape index (κ3) is 8.78. The number of rotatable bonds is 11. The lowest BCUT2D eigenvalue weighted by Gasteiger charge is -2.15. The molecule has 0 radical (unpaired) electrons. The van der Waals surface area contributed by atoms with Gasteiger partial charge in [-0.2, -0.15) is 0 Å². The van der Waals surface area contributed by atoms with Crippen molar-refractivity contribution in [2.45, 2.75) is 23.5 Å². The van der Waals surface area contributed by atoms with Crippen molar-refractivity contribution < 1.29 is 18.8 Å². The summed E-state index contributed by atoms with van der Waals surface area (Å²) in [4.78, 5) is 44.8. The number of anilines is 2. The van der Waals surface area contributed by atoms with Crippen LogP contribution in [0.1, 0.15) is 29.3 Å². The van der Waals surface area contributed by atoms with E-state index in [1.54, 1.807) is 60.7 Å². The topological polar surface area (TPSA) is 100 Å². The van der Waals surface area contributed by atoms with E-state index in [0.717, 1.165) is 20.6 Å². The number of carbonyl (C=O) groups is 3. The first kappa shape index (κ1) is 32.8. The highest BCUT2D eigenvalue weighted by molar-refractivity contribution is 9.10. The maximum atomic E-state index is 14.5. The van der Waals surface area contributed by atoms with Crippen molar-refractivity contribution in [2.75, 3.05) is 10.6 Å². The van der Waals surface area contributed by atoms with E-state index in [4.69, 9.17) is 0 Å². The maximum Gasteiger partial charge on any atom is 0.272 e. The Morgan fingerprint density at radius 2 is 1.67 bits per heavy atom. The lowest BCUT2D eigenvalue weighted by molar-refractivity contribution is -0.116. The second-order valence-corrected chi connectivity index (χ2v) is 13.0. The maximum absolute atomic E-state index is 14.5. The van der Waals surface area contributed by atoms with Gasteiger partial charge < -0.3 is 16.0 Å². The number of thiazole rings is 1. The minimum atomic E-state index is -0.634. The van der Waals surface area contributed by atoms with Gasteiger partial charge in [0.15, 0.2) is 5.13 Å². The van der Waals surface area contributed by atoms with Crippen LogP contribution in [0, 0.1) is 5.82 Å². The number of hydrogen-bond donors (Lipinski definition) is 3. The summed E-state index contributed by atoms with van der Waals surface area (Å²) in [5, 5.41) is 10.3. The molecule has 11 heteroatoms. The fraction of sp³-hybridized carbons (Fsp3) is 0.0857. The predicted molar refractivity (Wildman–Crippen MR) is 187 cm³/mol. The molecule has 5 aromatic rings. The molecule has 1 atom stereocenters. The quantitative estimate of drug-likeness (QED) is 0.0940. The highest BCUT2D eigenvalue weighted by atomic mass is 79.9. The Morgan fingerprint density at radius 1 is 0.935 bits per heavy atom. The number of thioether (sulfide) groups is 1. The molecule has 3 N–H and O–H groups in total. The molecule has 0 saturated carbocycles. The van der Waals surface area contributed by atoms with Gasteiger partial charge in [0.05, 0.1) is 10.9 Å². The minimum Gasteiger partial charge on any atom is -0.321 e. The van der Waals surface area contributed by atoms with Gasteiger partial charge in [0.1, 0.15) is 11.5 Å². The second kappa shape index (κ2) is 15.6. The number of hydrogen-bond acceptors (Lipinski definition) is 6. The number of benzene rings is 4. The zero-order valence-corrected chi connectivity index (χ0v) is 27.7. The van der Waals surface area contributed by atoms with Crippen LogP contribution < -0.4 is 16.0 Å². The number of carbonyl (C=O) groups excluding carboxylic acids is 3. The van der Waals surface area contributed by atoms with Gasteiger partial charge in [-0.1, -0.05) is 77.5 Å². The summed E-state index contributed by atoms with van der Waals surface area (Å²) in [6.45, 7) is 1.92. The van der Waals surface area contributed by atoms with Crippen molar-refractivity contribution in [3.8, 4) is 11.3 Å². The summed E-state index contributed by atoms with van der Waals surface area (Å²) in [6.07, 6.45) is 1.85. The average Bonchev–Trinajstić information content (AvgIpc) is 3.53. The Kier molecular flexibility index (Phi) is 11.1. The highest BCUT2D eigenvalue weighted by Gasteiger charge is 2.21. The summed E-state index contributed by atoms with van der Waals surface area (Å²) >= 11 is 6.15. The van der Waals surface area contributed by atoms with Crippen LogP contribution in [-0.4, -0.2) is 28.0 Å². The zero-order chi connectivity index (χ0) is 32.5. The van der Waals surface area contributed by atoms with Gasteiger partial charge in [-0.05, 0) is 61.0 Å². The summed E-state index contributed by atoms with van der Waals surface area (Å²) in [6, 6.07) is 29.2. The average molecular weight is 716 g/mol. The van der Waals surface area contributed by atoms with Crippen molar-refractivity contribution in [2.24, 2.45) is 0 Å². The highest BCUT2D eigenvalue weighted by Crippen LogP contribution is 2.30. The molecule has 0 fully saturated rings. The summed E-state index contributed by atoms with van der Waals surface area (Å²) < 4.78 is 15.4. The summed E-state index contributed by atoms with van der Waals surface area (Å²) in [7, 11) is 0. The van der Waals surface area contributed by atoms with Crippen LogP contribution in [0.25, 0.3) is 17.3 Å². The molecule has 0 aliphatic rings. The van der Waals surface area contributed by atoms with E-state index >= 15 is 0 Å². The van der Waals surface area contributed by atoms with Crippen molar-refractivity contribution in [1.82, 2.24) is 10.3 Å². The Hall–Kier alpha value is -4.58. The first-order valence-corrected chi connectivity index (χ1v) is 16.8. The largest absolute Gasteiger partial charge is 0.321 e. The van der Waals surface area contributed by atoms with Crippen LogP contribution in [0.2, 0.25) is 0 Å². The van der Waals surface area contributed by atoms with E-state index in [1.807, 2.05) is 42.6 Å². The molecule has 7 nitrogen and oxygen atoms in total. The molecular formula is C35H28BrFN4O3S2. The van der Waals surface area contributed by atoms with Gasteiger partial charge in [0.2, 0.25) is 5.91 Å². The summed E-state index contributed by atoms with van der Waals surface area (Å²) in [5.74, 6) is -1.86. The molecule has 4 aromatic carbocycles.